The third kappa shape index (κ3) is 3.87. The minimum Gasteiger partial charge on any atom is -0.507 e. The molecule has 3 aromatic rings. The third-order valence-electron chi connectivity index (χ3n) is 10.4. The van der Waals surface area contributed by atoms with Crippen LogP contribution in [0.1, 0.15) is 44.1 Å². The van der Waals surface area contributed by atoms with Gasteiger partial charge < -0.3 is 10.2 Å². The van der Waals surface area contributed by atoms with Crippen molar-refractivity contribution in [3.63, 3.8) is 0 Å². The molecule has 7 rings (SSSR count). The molecule has 9 nitrogen and oxygen atoms in total. The van der Waals surface area contributed by atoms with Gasteiger partial charge in [0, 0.05) is 24.3 Å². The molecular formula is C35H32N2O7. The molecule has 9 heteroatoms. The van der Waals surface area contributed by atoms with Crippen molar-refractivity contribution < 1.29 is 34.2 Å². The van der Waals surface area contributed by atoms with Crippen molar-refractivity contribution in [2.75, 3.05) is 11.4 Å². The van der Waals surface area contributed by atoms with Crippen LogP contribution in [0.4, 0.5) is 5.69 Å². The monoisotopic (exact) mass is 592 g/mol. The number of phenolic OH excluding ortho intramolecular Hbond substituents is 1. The predicted molar refractivity (Wildman–Crippen MR) is 160 cm³/mol. The fraction of sp³-hybridized carbons (Fsp3) is 0.343. The van der Waals surface area contributed by atoms with Crippen LogP contribution in [0, 0.1) is 29.1 Å². The maximum Gasteiger partial charge on any atom is 0.303 e. The number of carbonyl (C=O) groups is 5. The van der Waals surface area contributed by atoms with Crippen LogP contribution in [0.25, 0.3) is 10.8 Å². The Balaban J connectivity index is 1.38. The van der Waals surface area contributed by atoms with Gasteiger partial charge in [0.1, 0.15) is 5.75 Å². The summed E-state index contributed by atoms with van der Waals surface area (Å²) in [5.41, 5.74) is 0.949. The number of hydrogen-bond acceptors (Lipinski definition) is 6. The van der Waals surface area contributed by atoms with E-state index in [-0.39, 0.29) is 55.2 Å². The van der Waals surface area contributed by atoms with Crippen LogP contribution >= 0.6 is 0 Å². The number of carboxylic acid groups (broad SMARTS) is 1. The van der Waals surface area contributed by atoms with Gasteiger partial charge in [0.15, 0.2) is 0 Å². The summed E-state index contributed by atoms with van der Waals surface area (Å²) in [6.07, 6.45) is 2.56. The van der Waals surface area contributed by atoms with E-state index in [1.54, 1.807) is 30.3 Å². The molecule has 2 aliphatic carbocycles. The molecule has 3 aromatic carbocycles. The lowest BCUT2D eigenvalue weighted by Crippen LogP contribution is -2.49. The number of hydrogen-bond donors (Lipinski definition) is 2. The molecule has 4 amide bonds. The van der Waals surface area contributed by atoms with Gasteiger partial charge in [-0.1, -0.05) is 60.2 Å². The maximum atomic E-state index is 14.6. The van der Waals surface area contributed by atoms with E-state index in [1.165, 1.54) is 9.80 Å². The van der Waals surface area contributed by atoms with Crippen molar-refractivity contribution in [1.29, 1.82) is 0 Å². The van der Waals surface area contributed by atoms with Crippen molar-refractivity contribution >= 4 is 46.1 Å². The highest BCUT2D eigenvalue weighted by Gasteiger charge is 2.67. The van der Waals surface area contributed by atoms with E-state index < -0.39 is 41.0 Å². The number of carboxylic acids is 1. The maximum absolute atomic E-state index is 14.6. The Morgan fingerprint density at radius 3 is 2.32 bits per heavy atom. The number of aliphatic carboxylic acids is 1. The number of fused-ring (bicyclic) bond motifs is 5. The molecule has 3 fully saturated rings. The summed E-state index contributed by atoms with van der Waals surface area (Å²) in [6.45, 7) is 1.88. The fourth-order valence-electron chi connectivity index (χ4n) is 8.41. The summed E-state index contributed by atoms with van der Waals surface area (Å²) in [6, 6.07) is 19.7. The van der Waals surface area contributed by atoms with Crippen molar-refractivity contribution in [3.8, 4) is 5.75 Å². The third-order valence-corrected chi connectivity index (χ3v) is 10.4. The number of benzene rings is 3. The molecule has 0 radical (unpaired) electrons. The molecule has 224 valence electrons. The first-order valence-corrected chi connectivity index (χ1v) is 15.1. The number of para-hydroxylation sites is 1. The first-order valence-electron chi connectivity index (χ1n) is 15.1. The van der Waals surface area contributed by atoms with Crippen molar-refractivity contribution in [1.82, 2.24) is 4.90 Å². The zero-order valence-electron chi connectivity index (χ0n) is 24.2. The van der Waals surface area contributed by atoms with Gasteiger partial charge in [-0.05, 0) is 61.3 Å². The van der Waals surface area contributed by atoms with Gasteiger partial charge in [0.25, 0.3) is 0 Å². The van der Waals surface area contributed by atoms with Crippen LogP contribution in [0.3, 0.4) is 0 Å². The molecule has 0 aromatic heterocycles. The average Bonchev–Trinajstić information content (AvgIpc) is 3.37. The van der Waals surface area contributed by atoms with Crippen LogP contribution in [-0.4, -0.2) is 51.3 Å². The van der Waals surface area contributed by atoms with Gasteiger partial charge in [-0.15, -0.1) is 0 Å². The molecule has 6 atom stereocenters. The standard InChI is InChI=1S/C35H32N2O7/c1-35-26(32(42)37(34(35)44)19-8-3-2-4-9-19)18-25-23(30(35)22-15-16-27(38)21-11-6-5-10-20(21)22)13-14-24-29(25)33(43)36(31(24)41)17-7-12-28(39)40/h2-6,8-11,13,15-16,24-26,29-30,38H,7,12,14,17-18H2,1H3,(H,39,40)/t24-,25+,26-,29-,30-,35+/m0/s1. The smallest absolute Gasteiger partial charge is 0.303 e. The van der Waals surface area contributed by atoms with Crippen LogP contribution in [0.15, 0.2) is 78.4 Å². The summed E-state index contributed by atoms with van der Waals surface area (Å²) >= 11 is 0. The highest BCUT2D eigenvalue weighted by molar-refractivity contribution is 6.24. The normalized spacial score (nSPS) is 29.5. The number of phenols is 1. The van der Waals surface area contributed by atoms with Crippen LogP contribution in [0.2, 0.25) is 0 Å². The second-order valence-electron chi connectivity index (χ2n) is 12.5. The van der Waals surface area contributed by atoms with Crippen LogP contribution in [-0.2, 0) is 24.0 Å². The Labute approximate surface area is 253 Å². The number of carbonyl (C=O) groups excluding carboxylic acids is 4. The van der Waals surface area contributed by atoms with Crippen LogP contribution < -0.4 is 4.90 Å². The number of likely N-dealkylation sites (tertiary alicyclic amines) is 1. The molecule has 2 N–H and O–H groups in total. The Bertz CT molecular complexity index is 1780. The number of nitrogens with zero attached hydrogens (tertiary/aromatic N) is 2. The Morgan fingerprint density at radius 2 is 1.59 bits per heavy atom. The summed E-state index contributed by atoms with van der Waals surface area (Å²) < 4.78 is 0. The minimum absolute atomic E-state index is 0.0331. The molecule has 0 bridgehead atoms. The number of aromatic hydroxyl groups is 1. The van der Waals surface area contributed by atoms with Gasteiger partial charge in [-0.3, -0.25) is 28.9 Å². The Kier molecular flexibility index (Phi) is 6.46. The van der Waals surface area contributed by atoms with Crippen molar-refractivity contribution in [2.45, 2.75) is 38.5 Å². The zero-order valence-corrected chi connectivity index (χ0v) is 24.2. The summed E-state index contributed by atoms with van der Waals surface area (Å²) in [4.78, 5) is 69.8. The highest BCUT2D eigenvalue weighted by atomic mass is 16.4. The molecule has 0 unspecified atom stereocenters. The number of rotatable bonds is 6. The van der Waals surface area contributed by atoms with Gasteiger partial charge in [0.05, 0.1) is 28.9 Å². The zero-order chi connectivity index (χ0) is 30.9. The van der Waals surface area contributed by atoms with E-state index in [4.69, 9.17) is 5.11 Å². The lowest BCUT2D eigenvalue weighted by molar-refractivity contribution is -0.142. The van der Waals surface area contributed by atoms with Crippen molar-refractivity contribution in [3.05, 3.63) is 83.9 Å². The first-order chi connectivity index (χ1) is 21.1. The highest BCUT2D eigenvalue weighted by Crippen LogP contribution is 2.64. The molecule has 2 heterocycles. The second-order valence-corrected chi connectivity index (χ2v) is 12.5. The van der Waals surface area contributed by atoms with E-state index in [2.05, 4.69) is 0 Å². The van der Waals surface area contributed by atoms with Gasteiger partial charge >= 0.3 is 5.97 Å². The number of allylic oxidation sites excluding steroid dienone is 2. The molecule has 44 heavy (non-hydrogen) atoms. The Hall–Kier alpha value is -4.79. The van der Waals surface area contributed by atoms with Gasteiger partial charge in [-0.25, -0.2) is 4.90 Å². The SMILES string of the molecule is C[C@@]12C(=O)N(c3ccccc3)C(=O)[C@@H]1C[C@@H]1C(=CC[C@@H]3C(=O)N(CCCC(=O)O)C(=O)[C@@H]31)[C@@H]2c1ccc(O)c2ccccc12. The molecule has 0 spiro atoms. The molecule has 1 saturated carbocycles. The Morgan fingerprint density at radius 1 is 0.886 bits per heavy atom. The number of amides is 4. The summed E-state index contributed by atoms with van der Waals surface area (Å²) in [5.74, 6) is -5.27. The van der Waals surface area contributed by atoms with E-state index in [1.807, 2.05) is 49.4 Å². The lowest BCUT2D eigenvalue weighted by atomic mass is 9.51. The molecule has 2 saturated heterocycles. The van der Waals surface area contributed by atoms with Gasteiger partial charge in [-0.2, -0.15) is 0 Å². The first kappa shape index (κ1) is 28.0. The average molecular weight is 593 g/mol. The largest absolute Gasteiger partial charge is 0.507 e. The van der Waals surface area contributed by atoms with E-state index in [9.17, 15) is 29.1 Å². The second kappa shape index (κ2) is 10.1. The van der Waals surface area contributed by atoms with Crippen LogP contribution in [0.5, 0.6) is 5.75 Å². The lowest BCUT2D eigenvalue weighted by Gasteiger charge is -2.49. The predicted octanol–water partition coefficient (Wildman–Crippen LogP) is 4.64. The number of imide groups is 2. The van der Waals surface area contributed by atoms with Gasteiger partial charge in [0.2, 0.25) is 23.6 Å². The topological polar surface area (TPSA) is 132 Å². The summed E-state index contributed by atoms with van der Waals surface area (Å²) in [5, 5.41) is 21.2. The molecule has 4 aliphatic rings. The fourth-order valence-corrected chi connectivity index (χ4v) is 8.41. The van der Waals surface area contributed by atoms with E-state index >= 15 is 0 Å². The summed E-state index contributed by atoms with van der Waals surface area (Å²) in [7, 11) is 0. The molecule has 2 aliphatic heterocycles. The van der Waals surface area contributed by atoms with Crippen molar-refractivity contribution in [2.24, 2.45) is 29.1 Å². The number of anilines is 1. The molecular weight excluding hydrogens is 560 g/mol. The van der Waals surface area contributed by atoms with E-state index in [0.717, 1.165) is 16.5 Å². The quantitative estimate of drug-likeness (QED) is 0.315. The minimum atomic E-state index is -1.19. The van der Waals surface area contributed by atoms with E-state index in [0.29, 0.717) is 17.5 Å².